The average Bonchev–Trinajstić information content (AvgIpc) is 2.28. The highest BCUT2D eigenvalue weighted by molar-refractivity contribution is 5.89. The van der Waals surface area contributed by atoms with Crippen molar-refractivity contribution in [1.29, 1.82) is 0 Å². The number of nitrogens with zero attached hydrogens (tertiary/aromatic N) is 1. The molecule has 0 saturated heterocycles. The second-order valence-electron chi connectivity index (χ2n) is 4.16. The van der Waals surface area contributed by atoms with Gasteiger partial charge in [0.1, 0.15) is 0 Å². The van der Waals surface area contributed by atoms with Crippen LogP contribution in [0.25, 0.3) is 0 Å². The van der Waals surface area contributed by atoms with Crippen LogP contribution in [0.2, 0.25) is 0 Å². The smallest absolute Gasteiger partial charge is 0.335 e. The lowest BCUT2D eigenvalue weighted by molar-refractivity contribution is 0.0696. The average molecular weight is 236 g/mol. The third-order valence-electron chi connectivity index (χ3n) is 2.82. The fourth-order valence-electron chi connectivity index (χ4n) is 1.56. The van der Waals surface area contributed by atoms with Crippen LogP contribution in [0.15, 0.2) is 18.2 Å². The summed E-state index contributed by atoms with van der Waals surface area (Å²) in [6, 6.07) is 5.32. The van der Waals surface area contributed by atoms with Crippen molar-refractivity contribution in [3.63, 3.8) is 0 Å². The van der Waals surface area contributed by atoms with Crippen LogP contribution in [0.3, 0.4) is 0 Å². The molecule has 0 aliphatic rings. The molecule has 1 rings (SSSR count). The van der Waals surface area contributed by atoms with Crippen LogP contribution in [0.4, 0.5) is 5.69 Å². The lowest BCUT2D eigenvalue weighted by atomic mass is 10.1. The van der Waals surface area contributed by atoms with Crippen LogP contribution in [-0.4, -0.2) is 42.7 Å². The van der Waals surface area contributed by atoms with E-state index in [2.05, 4.69) is 24.2 Å². The zero-order valence-electron chi connectivity index (χ0n) is 10.7. The molecule has 0 heterocycles. The Bertz CT molecular complexity index is 391. The Hall–Kier alpha value is -1.55. The molecule has 2 N–H and O–H groups in total. The van der Waals surface area contributed by atoms with Crippen molar-refractivity contribution < 1.29 is 9.90 Å². The first-order valence-electron chi connectivity index (χ1n) is 5.81. The fourth-order valence-corrected chi connectivity index (χ4v) is 1.56. The maximum absolute atomic E-state index is 10.8. The van der Waals surface area contributed by atoms with Gasteiger partial charge in [-0.1, -0.05) is 6.92 Å². The molecule has 0 fully saturated rings. The lowest BCUT2D eigenvalue weighted by Gasteiger charge is -2.15. The summed E-state index contributed by atoms with van der Waals surface area (Å²) in [6.45, 7) is 6.78. The molecular weight excluding hydrogens is 216 g/mol. The highest BCUT2D eigenvalue weighted by Gasteiger charge is 2.06. The molecule has 0 unspecified atom stereocenters. The Morgan fingerprint density at radius 1 is 1.47 bits per heavy atom. The predicted octanol–water partition coefficient (Wildman–Crippen LogP) is 2.06. The van der Waals surface area contributed by atoms with Gasteiger partial charge in [0, 0.05) is 18.8 Å². The summed E-state index contributed by atoms with van der Waals surface area (Å²) in [5.74, 6) is -0.875. The third kappa shape index (κ3) is 4.07. The van der Waals surface area contributed by atoms with Crippen LogP contribution in [0.1, 0.15) is 22.8 Å². The number of aromatic carboxylic acids is 1. The number of carbonyl (C=O) groups is 1. The normalized spacial score (nSPS) is 10.6. The molecule has 0 saturated carbocycles. The number of benzene rings is 1. The molecule has 0 aromatic heterocycles. The van der Waals surface area contributed by atoms with E-state index in [1.54, 1.807) is 6.07 Å². The third-order valence-corrected chi connectivity index (χ3v) is 2.82. The quantitative estimate of drug-likeness (QED) is 0.793. The van der Waals surface area contributed by atoms with E-state index in [0.29, 0.717) is 5.56 Å². The number of rotatable bonds is 6. The number of hydrogen-bond acceptors (Lipinski definition) is 3. The maximum Gasteiger partial charge on any atom is 0.335 e. The Morgan fingerprint density at radius 3 is 2.71 bits per heavy atom. The largest absolute Gasteiger partial charge is 0.478 e. The number of likely N-dealkylation sites (N-methyl/N-ethyl adjacent to an activating group) is 1. The first kappa shape index (κ1) is 13.5. The van der Waals surface area contributed by atoms with Gasteiger partial charge in [0.2, 0.25) is 0 Å². The van der Waals surface area contributed by atoms with Crippen LogP contribution in [0, 0.1) is 6.92 Å². The number of carboxylic acid groups (broad SMARTS) is 1. The minimum atomic E-state index is -0.875. The Labute approximate surface area is 102 Å². The van der Waals surface area contributed by atoms with Crippen molar-refractivity contribution in [2.75, 3.05) is 32.0 Å². The molecule has 0 radical (unpaired) electrons. The molecule has 94 valence electrons. The van der Waals surface area contributed by atoms with Gasteiger partial charge in [-0.25, -0.2) is 4.79 Å². The van der Waals surface area contributed by atoms with Gasteiger partial charge in [-0.05, 0) is 44.3 Å². The summed E-state index contributed by atoms with van der Waals surface area (Å²) in [4.78, 5) is 13.1. The zero-order valence-corrected chi connectivity index (χ0v) is 10.7. The van der Waals surface area contributed by atoms with Gasteiger partial charge in [0.15, 0.2) is 0 Å². The number of nitrogens with one attached hydrogen (secondary N) is 1. The van der Waals surface area contributed by atoms with Crippen molar-refractivity contribution in [3.8, 4) is 0 Å². The SMILES string of the molecule is CCN(C)CCNc1ccc(C(=O)O)c(C)c1. The molecule has 0 spiro atoms. The highest BCUT2D eigenvalue weighted by atomic mass is 16.4. The van der Waals surface area contributed by atoms with E-state index in [9.17, 15) is 4.79 Å². The summed E-state index contributed by atoms with van der Waals surface area (Å²) in [5.41, 5.74) is 2.12. The Morgan fingerprint density at radius 2 is 2.18 bits per heavy atom. The standard InChI is InChI=1S/C13H20N2O2/c1-4-15(3)8-7-14-11-5-6-12(13(16)17)10(2)9-11/h5-6,9,14H,4,7-8H2,1-3H3,(H,16,17). The van der Waals surface area contributed by atoms with E-state index in [0.717, 1.165) is 30.9 Å². The van der Waals surface area contributed by atoms with Gasteiger partial charge in [-0.2, -0.15) is 0 Å². The van der Waals surface area contributed by atoms with Gasteiger partial charge in [0.25, 0.3) is 0 Å². The van der Waals surface area contributed by atoms with Crippen molar-refractivity contribution in [3.05, 3.63) is 29.3 Å². The first-order chi connectivity index (χ1) is 8.04. The summed E-state index contributed by atoms with van der Waals surface area (Å²) in [7, 11) is 2.07. The van der Waals surface area contributed by atoms with E-state index in [-0.39, 0.29) is 0 Å². The van der Waals surface area contributed by atoms with Crippen LogP contribution >= 0.6 is 0 Å². The summed E-state index contributed by atoms with van der Waals surface area (Å²) < 4.78 is 0. The molecule has 0 bridgehead atoms. The number of aryl methyl sites for hydroxylation is 1. The summed E-state index contributed by atoms with van der Waals surface area (Å²) in [6.07, 6.45) is 0. The first-order valence-corrected chi connectivity index (χ1v) is 5.81. The van der Waals surface area contributed by atoms with Gasteiger partial charge >= 0.3 is 5.97 Å². The second-order valence-corrected chi connectivity index (χ2v) is 4.16. The van der Waals surface area contributed by atoms with Crippen molar-refractivity contribution in [2.24, 2.45) is 0 Å². The van der Waals surface area contributed by atoms with Crippen molar-refractivity contribution in [2.45, 2.75) is 13.8 Å². The van der Waals surface area contributed by atoms with Crippen LogP contribution in [0.5, 0.6) is 0 Å². The predicted molar refractivity (Wildman–Crippen MR) is 69.8 cm³/mol. The number of carboxylic acids is 1. The molecule has 4 heteroatoms. The monoisotopic (exact) mass is 236 g/mol. The lowest BCUT2D eigenvalue weighted by Crippen LogP contribution is -2.24. The fraction of sp³-hybridized carbons (Fsp3) is 0.462. The van der Waals surface area contributed by atoms with Gasteiger partial charge < -0.3 is 15.3 Å². The van der Waals surface area contributed by atoms with Crippen LogP contribution < -0.4 is 5.32 Å². The Balaban J connectivity index is 2.56. The number of hydrogen-bond donors (Lipinski definition) is 2. The molecule has 0 aliphatic carbocycles. The summed E-state index contributed by atoms with van der Waals surface area (Å²) in [5, 5.41) is 12.2. The van der Waals surface area contributed by atoms with E-state index in [1.165, 1.54) is 0 Å². The minimum Gasteiger partial charge on any atom is -0.478 e. The molecule has 0 amide bonds. The van der Waals surface area contributed by atoms with E-state index in [1.807, 2.05) is 19.1 Å². The highest BCUT2D eigenvalue weighted by Crippen LogP contribution is 2.14. The molecule has 0 aliphatic heterocycles. The second kappa shape index (κ2) is 6.25. The van der Waals surface area contributed by atoms with E-state index >= 15 is 0 Å². The zero-order chi connectivity index (χ0) is 12.8. The molecule has 1 aromatic carbocycles. The molecular formula is C13H20N2O2. The van der Waals surface area contributed by atoms with Crippen molar-refractivity contribution in [1.82, 2.24) is 4.90 Å². The Kier molecular flexibility index (Phi) is 4.97. The molecule has 17 heavy (non-hydrogen) atoms. The van der Waals surface area contributed by atoms with Gasteiger partial charge in [0.05, 0.1) is 5.56 Å². The maximum atomic E-state index is 10.8. The van der Waals surface area contributed by atoms with E-state index in [4.69, 9.17) is 5.11 Å². The van der Waals surface area contributed by atoms with E-state index < -0.39 is 5.97 Å². The number of anilines is 1. The molecule has 0 atom stereocenters. The van der Waals surface area contributed by atoms with Gasteiger partial charge in [-0.3, -0.25) is 0 Å². The molecule has 4 nitrogen and oxygen atoms in total. The minimum absolute atomic E-state index is 0.362. The summed E-state index contributed by atoms with van der Waals surface area (Å²) >= 11 is 0. The van der Waals surface area contributed by atoms with Crippen molar-refractivity contribution >= 4 is 11.7 Å². The van der Waals surface area contributed by atoms with Gasteiger partial charge in [-0.15, -0.1) is 0 Å². The van der Waals surface area contributed by atoms with Crippen LogP contribution in [-0.2, 0) is 0 Å². The topological polar surface area (TPSA) is 52.6 Å². The molecule has 1 aromatic rings.